The summed E-state index contributed by atoms with van der Waals surface area (Å²) in [5.41, 5.74) is 0.399. The zero-order valence-corrected chi connectivity index (χ0v) is 17.0. The van der Waals surface area contributed by atoms with Gasteiger partial charge in [0.05, 0.1) is 5.92 Å². The van der Waals surface area contributed by atoms with E-state index in [1.54, 1.807) is 48.3 Å². The van der Waals surface area contributed by atoms with Crippen molar-refractivity contribution in [2.75, 3.05) is 27.2 Å². The van der Waals surface area contributed by atoms with Gasteiger partial charge < -0.3 is 14.5 Å². The van der Waals surface area contributed by atoms with Crippen molar-refractivity contribution in [1.29, 1.82) is 0 Å². The molecule has 27 heavy (non-hydrogen) atoms. The number of likely N-dealkylation sites (tertiary alicyclic amines) is 1. The molecule has 2 heterocycles. The summed E-state index contributed by atoms with van der Waals surface area (Å²) >= 11 is 3.41. The van der Waals surface area contributed by atoms with Crippen LogP contribution in [0, 0.1) is 5.92 Å². The van der Waals surface area contributed by atoms with Crippen LogP contribution in [0.2, 0.25) is 0 Å². The lowest BCUT2D eigenvalue weighted by atomic mass is 9.96. The highest BCUT2D eigenvalue weighted by molar-refractivity contribution is 9.10. The number of amides is 2. The van der Waals surface area contributed by atoms with Crippen LogP contribution in [0.5, 0.6) is 11.6 Å². The number of pyridine rings is 1. The maximum absolute atomic E-state index is 13.1. The van der Waals surface area contributed by atoms with E-state index in [4.69, 9.17) is 4.74 Å². The van der Waals surface area contributed by atoms with E-state index in [2.05, 4.69) is 20.9 Å². The van der Waals surface area contributed by atoms with Crippen molar-refractivity contribution in [1.82, 2.24) is 14.8 Å². The minimum Gasteiger partial charge on any atom is -0.438 e. The van der Waals surface area contributed by atoms with Crippen molar-refractivity contribution >= 4 is 27.7 Å². The number of hydrogen-bond donors (Lipinski definition) is 0. The second-order valence-electron chi connectivity index (χ2n) is 6.74. The van der Waals surface area contributed by atoms with Gasteiger partial charge in [0.1, 0.15) is 11.3 Å². The summed E-state index contributed by atoms with van der Waals surface area (Å²) in [5.74, 6) is 0.593. The first-order valence-electron chi connectivity index (χ1n) is 8.84. The number of piperidine rings is 1. The molecule has 1 aromatic carbocycles. The van der Waals surface area contributed by atoms with Gasteiger partial charge in [-0.05, 0) is 43.2 Å². The third-order valence-corrected chi connectivity index (χ3v) is 5.00. The van der Waals surface area contributed by atoms with Gasteiger partial charge in [-0.3, -0.25) is 9.59 Å². The predicted molar refractivity (Wildman–Crippen MR) is 106 cm³/mol. The van der Waals surface area contributed by atoms with Crippen molar-refractivity contribution in [2.24, 2.45) is 5.92 Å². The highest BCUT2D eigenvalue weighted by Gasteiger charge is 2.31. The van der Waals surface area contributed by atoms with Crippen molar-refractivity contribution in [3.63, 3.8) is 0 Å². The Labute approximate surface area is 167 Å². The monoisotopic (exact) mass is 431 g/mol. The first-order valence-corrected chi connectivity index (χ1v) is 9.64. The molecule has 6 nitrogen and oxygen atoms in total. The Morgan fingerprint density at radius 1 is 1.26 bits per heavy atom. The second kappa shape index (κ2) is 8.52. The van der Waals surface area contributed by atoms with E-state index < -0.39 is 0 Å². The molecule has 0 unspecified atom stereocenters. The van der Waals surface area contributed by atoms with E-state index in [0.29, 0.717) is 24.4 Å². The van der Waals surface area contributed by atoms with Crippen LogP contribution in [0.4, 0.5) is 0 Å². The number of carbonyl (C=O) groups excluding carboxylic acids is 2. The molecule has 142 valence electrons. The average Bonchev–Trinajstić information content (AvgIpc) is 2.67. The first kappa shape index (κ1) is 19.4. The van der Waals surface area contributed by atoms with Crippen LogP contribution < -0.4 is 4.74 Å². The predicted octanol–water partition coefficient (Wildman–Crippen LogP) is 3.58. The average molecular weight is 432 g/mol. The molecule has 2 amide bonds. The Balaban J connectivity index is 1.79. The van der Waals surface area contributed by atoms with E-state index in [9.17, 15) is 9.59 Å². The van der Waals surface area contributed by atoms with Gasteiger partial charge in [-0.2, -0.15) is 0 Å². The SMILES string of the molecule is CN(C)C(=O)[C@H]1CCCN(C(=O)c2cccnc2Oc2cccc(Br)c2)C1. The minimum atomic E-state index is -0.163. The number of rotatable bonds is 4. The Kier molecular flexibility index (Phi) is 6.11. The molecule has 2 aromatic rings. The maximum Gasteiger partial charge on any atom is 0.259 e. The molecular formula is C20H22BrN3O3. The topological polar surface area (TPSA) is 62.7 Å². The van der Waals surface area contributed by atoms with E-state index in [1.165, 1.54) is 0 Å². The van der Waals surface area contributed by atoms with Gasteiger partial charge in [0.2, 0.25) is 11.8 Å². The Morgan fingerprint density at radius 3 is 2.81 bits per heavy atom. The lowest BCUT2D eigenvalue weighted by Crippen LogP contribution is -2.45. The third kappa shape index (κ3) is 4.66. The molecule has 1 saturated heterocycles. The molecule has 0 N–H and O–H groups in total. The fraction of sp³-hybridized carbons (Fsp3) is 0.350. The number of halogens is 1. The third-order valence-electron chi connectivity index (χ3n) is 4.51. The van der Waals surface area contributed by atoms with E-state index >= 15 is 0 Å². The molecule has 1 aromatic heterocycles. The lowest BCUT2D eigenvalue weighted by Gasteiger charge is -2.33. The smallest absolute Gasteiger partial charge is 0.259 e. The quantitative estimate of drug-likeness (QED) is 0.741. The fourth-order valence-corrected chi connectivity index (χ4v) is 3.55. The van der Waals surface area contributed by atoms with Crippen LogP contribution in [-0.2, 0) is 4.79 Å². The van der Waals surface area contributed by atoms with E-state index in [0.717, 1.165) is 17.3 Å². The zero-order chi connectivity index (χ0) is 19.4. The highest BCUT2D eigenvalue weighted by Crippen LogP contribution is 2.27. The van der Waals surface area contributed by atoms with Crippen molar-refractivity contribution in [2.45, 2.75) is 12.8 Å². The number of benzene rings is 1. The largest absolute Gasteiger partial charge is 0.438 e. The molecule has 1 aliphatic rings. The van der Waals surface area contributed by atoms with Crippen LogP contribution in [0.1, 0.15) is 23.2 Å². The fourth-order valence-electron chi connectivity index (χ4n) is 3.18. The molecule has 3 rings (SSSR count). The summed E-state index contributed by atoms with van der Waals surface area (Å²) in [7, 11) is 3.49. The Hall–Kier alpha value is -2.41. The molecule has 1 atom stereocenters. The number of nitrogens with zero attached hydrogens (tertiary/aromatic N) is 3. The number of hydrogen-bond acceptors (Lipinski definition) is 4. The van der Waals surface area contributed by atoms with Crippen LogP contribution in [0.25, 0.3) is 0 Å². The summed E-state index contributed by atoms with van der Waals surface area (Å²) in [5, 5.41) is 0. The number of aromatic nitrogens is 1. The summed E-state index contributed by atoms with van der Waals surface area (Å²) in [6.07, 6.45) is 3.20. The minimum absolute atomic E-state index is 0.0595. The molecular weight excluding hydrogens is 410 g/mol. The molecule has 1 fully saturated rings. The lowest BCUT2D eigenvalue weighted by molar-refractivity contribution is -0.134. The molecule has 0 saturated carbocycles. The van der Waals surface area contributed by atoms with Gasteiger partial charge in [-0.15, -0.1) is 0 Å². The maximum atomic E-state index is 13.1. The second-order valence-corrected chi connectivity index (χ2v) is 7.65. The van der Waals surface area contributed by atoms with Gasteiger partial charge in [0.15, 0.2) is 0 Å². The van der Waals surface area contributed by atoms with Crippen LogP contribution in [-0.4, -0.2) is 53.8 Å². The summed E-state index contributed by atoms with van der Waals surface area (Å²) in [6.45, 7) is 1.04. The number of carbonyl (C=O) groups is 2. The Morgan fingerprint density at radius 2 is 2.07 bits per heavy atom. The number of ether oxygens (including phenoxy) is 1. The highest BCUT2D eigenvalue weighted by atomic mass is 79.9. The molecule has 1 aliphatic heterocycles. The molecule has 0 aliphatic carbocycles. The van der Waals surface area contributed by atoms with Crippen molar-refractivity contribution in [3.05, 3.63) is 52.6 Å². The summed E-state index contributed by atoms with van der Waals surface area (Å²) in [4.78, 5) is 32.9. The summed E-state index contributed by atoms with van der Waals surface area (Å²) in [6, 6.07) is 10.8. The van der Waals surface area contributed by atoms with Crippen LogP contribution in [0.3, 0.4) is 0 Å². The van der Waals surface area contributed by atoms with Gasteiger partial charge in [-0.1, -0.05) is 22.0 Å². The van der Waals surface area contributed by atoms with E-state index in [-0.39, 0.29) is 23.6 Å². The molecule has 0 bridgehead atoms. The standard InChI is InChI=1S/C20H22BrN3O3/c1-23(2)19(25)14-6-5-11-24(13-14)20(26)17-9-4-10-22-18(17)27-16-8-3-7-15(21)12-16/h3-4,7-10,12,14H,5-6,11,13H2,1-2H3/t14-/m0/s1. The van der Waals surface area contributed by atoms with Crippen molar-refractivity contribution in [3.8, 4) is 11.6 Å². The summed E-state index contributed by atoms with van der Waals surface area (Å²) < 4.78 is 6.73. The van der Waals surface area contributed by atoms with Crippen LogP contribution >= 0.6 is 15.9 Å². The van der Waals surface area contributed by atoms with Gasteiger partial charge >= 0.3 is 0 Å². The van der Waals surface area contributed by atoms with E-state index in [1.807, 2.05) is 18.2 Å². The first-order chi connectivity index (χ1) is 13.0. The van der Waals surface area contributed by atoms with Crippen LogP contribution in [0.15, 0.2) is 47.1 Å². The van der Waals surface area contributed by atoms with Gasteiger partial charge in [-0.25, -0.2) is 4.98 Å². The molecule has 7 heteroatoms. The Bertz CT molecular complexity index is 841. The zero-order valence-electron chi connectivity index (χ0n) is 15.4. The normalized spacial score (nSPS) is 16.7. The van der Waals surface area contributed by atoms with Crippen molar-refractivity contribution < 1.29 is 14.3 Å². The van der Waals surface area contributed by atoms with Gasteiger partial charge in [0, 0.05) is 37.9 Å². The van der Waals surface area contributed by atoms with Gasteiger partial charge in [0.25, 0.3) is 5.91 Å². The molecule has 0 spiro atoms. The molecule has 0 radical (unpaired) electrons.